The molecule has 6 rings (SSSR count). The summed E-state index contributed by atoms with van der Waals surface area (Å²) in [5.41, 5.74) is 0. The third-order valence-electron chi connectivity index (χ3n) is 4.92. The lowest BCUT2D eigenvalue weighted by molar-refractivity contribution is -0.179. The van der Waals surface area contributed by atoms with Crippen molar-refractivity contribution in [3.8, 4) is 0 Å². The van der Waals surface area contributed by atoms with Crippen LogP contribution in [0.15, 0.2) is 12.2 Å². The highest BCUT2D eigenvalue weighted by molar-refractivity contribution is 5.13. The van der Waals surface area contributed by atoms with Gasteiger partial charge in [-0.3, -0.25) is 0 Å². The van der Waals surface area contributed by atoms with Crippen molar-refractivity contribution in [3.05, 3.63) is 12.2 Å². The van der Waals surface area contributed by atoms with Crippen molar-refractivity contribution in [3.63, 3.8) is 0 Å². The summed E-state index contributed by atoms with van der Waals surface area (Å²) in [4.78, 5) is 0. The highest BCUT2D eigenvalue weighted by Crippen LogP contribution is 2.43. The zero-order valence-corrected chi connectivity index (χ0v) is 9.31. The minimum Gasteiger partial charge on any atom is -0.231 e. The SMILES string of the molecule is C1=C[C@H]2CC[C@@H]1N1[C@@H]3CCC[C@@H](CC3)N21. The molecule has 3 saturated heterocycles. The molecule has 2 unspecified atom stereocenters. The van der Waals surface area contributed by atoms with E-state index in [2.05, 4.69) is 22.2 Å². The maximum Gasteiger partial charge on any atom is 0.0430 e. The molecule has 4 fully saturated rings. The van der Waals surface area contributed by atoms with Crippen LogP contribution in [-0.4, -0.2) is 34.2 Å². The van der Waals surface area contributed by atoms with E-state index in [1.54, 1.807) is 0 Å². The number of rotatable bonds is 0. The van der Waals surface area contributed by atoms with Crippen LogP contribution in [0.4, 0.5) is 0 Å². The number of hydrogen-bond acceptors (Lipinski definition) is 2. The van der Waals surface area contributed by atoms with Crippen LogP contribution >= 0.6 is 0 Å². The van der Waals surface area contributed by atoms with Crippen LogP contribution in [0.5, 0.6) is 0 Å². The molecule has 2 aliphatic carbocycles. The summed E-state index contributed by atoms with van der Waals surface area (Å²) in [6.45, 7) is 0. The van der Waals surface area contributed by atoms with Gasteiger partial charge in [0.15, 0.2) is 0 Å². The molecule has 0 N–H and O–H groups in total. The smallest absolute Gasteiger partial charge is 0.0430 e. The van der Waals surface area contributed by atoms with E-state index < -0.39 is 0 Å². The molecule has 4 heterocycles. The summed E-state index contributed by atoms with van der Waals surface area (Å²) in [7, 11) is 0. The zero-order chi connectivity index (χ0) is 9.83. The van der Waals surface area contributed by atoms with Crippen molar-refractivity contribution in [2.75, 3.05) is 0 Å². The Balaban J connectivity index is 1.77. The van der Waals surface area contributed by atoms with E-state index in [-0.39, 0.29) is 0 Å². The maximum absolute atomic E-state index is 2.77. The topological polar surface area (TPSA) is 6.48 Å². The summed E-state index contributed by atoms with van der Waals surface area (Å²) in [5, 5.41) is 5.55. The van der Waals surface area contributed by atoms with Crippen molar-refractivity contribution in [1.29, 1.82) is 0 Å². The summed E-state index contributed by atoms with van der Waals surface area (Å²) >= 11 is 0. The zero-order valence-electron chi connectivity index (χ0n) is 9.31. The van der Waals surface area contributed by atoms with Gasteiger partial charge in [0, 0.05) is 24.2 Å². The molecule has 0 spiro atoms. The van der Waals surface area contributed by atoms with Gasteiger partial charge in [0.25, 0.3) is 0 Å². The molecule has 6 atom stereocenters. The minimum absolute atomic E-state index is 0.751. The van der Waals surface area contributed by atoms with Crippen LogP contribution in [0.2, 0.25) is 0 Å². The van der Waals surface area contributed by atoms with E-state index in [1.165, 1.54) is 44.9 Å². The molecular weight excluding hydrogens is 184 g/mol. The first-order chi connectivity index (χ1) is 7.43. The van der Waals surface area contributed by atoms with Gasteiger partial charge in [-0.1, -0.05) is 18.6 Å². The van der Waals surface area contributed by atoms with Gasteiger partial charge in [0.1, 0.15) is 0 Å². The fraction of sp³-hybridized carbons (Fsp3) is 0.846. The predicted octanol–water partition coefficient (Wildman–Crippen LogP) is 2.32. The molecule has 2 nitrogen and oxygen atoms in total. The van der Waals surface area contributed by atoms with Crippen LogP contribution in [0.25, 0.3) is 0 Å². The second-order valence-corrected chi connectivity index (χ2v) is 5.67. The molecule has 2 heteroatoms. The Labute approximate surface area is 91.9 Å². The largest absolute Gasteiger partial charge is 0.231 e. The van der Waals surface area contributed by atoms with Crippen LogP contribution < -0.4 is 0 Å². The molecule has 6 aliphatic rings. The van der Waals surface area contributed by atoms with Crippen LogP contribution in [0, 0.1) is 0 Å². The molecule has 15 heavy (non-hydrogen) atoms. The molecule has 0 aromatic heterocycles. The second kappa shape index (κ2) is 3.08. The number of nitrogens with zero attached hydrogens (tertiary/aromatic N) is 2. The van der Waals surface area contributed by atoms with Crippen LogP contribution in [0.3, 0.4) is 0 Å². The fourth-order valence-electron chi connectivity index (χ4n) is 4.28. The number of hydrogen-bond donors (Lipinski definition) is 0. The molecule has 0 aromatic rings. The lowest BCUT2D eigenvalue weighted by Gasteiger charge is -2.58. The molecule has 4 bridgehead atoms. The molecule has 4 aliphatic heterocycles. The van der Waals surface area contributed by atoms with Gasteiger partial charge < -0.3 is 0 Å². The van der Waals surface area contributed by atoms with Gasteiger partial charge in [-0.25, -0.2) is 10.0 Å². The first-order valence-corrected chi connectivity index (χ1v) is 6.68. The highest BCUT2D eigenvalue weighted by atomic mass is 15.7. The Morgan fingerprint density at radius 1 is 0.667 bits per heavy atom. The van der Waals surface area contributed by atoms with Gasteiger partial charge in [0.05, 0.1) is 0 Å². The third kappa shape index (κ3) is 1.12. The van der Waals surface area contributed by atoms with Gasteiger partial charge >= 0.3 is 0 Å². The summed E-state index contributed by atoms with van der Waals surface area (Å²) in [6.07, 6.45) is 15.0. The van der Waals surface area contributed by atoms with Crippen LogP contribution in [-0.2, 0) is 0 Å². The molecule has 82 valence electrons. The summed E-state index contributed by atoms with van der Waals surface area (Å²) < 4.78 is 0. The first-order valence-electron chi connectivity index (χ1n) is 6.68. The minimum atomic E-state index is 0.751. The highest BCUT2D eigenvalue weighted by Gasteiger charge is 2.47. The number of hydrazine groups is 1. The molecule has 0 amide bonds. The Hall–Kier alpha value is -0.340. The van der Waals surface area contributed by atoms with E-state index in [0.29, 0.717) is 0 Å². The van der Waals surface area contributed by atoms with Crippen molar-refractivity contribution in [2.24, 2.45) is 0 Å². The summed E-state index contributed by atoms with van der Waals surface area (Å²) in [6, 6.07) is 3.25. The second-order valence-electron chi connectivity index (χ2n) is 5.67. The van der Waals surface area contributed by atoms with Gasteiger partial charge in [-0.2, -0.15) is 0 Å². The van der Waals surface area contributed by atoms with E-state index >= 15 is 0 Å². The quantitative estimate of drug-likeness (QED) is 0.559. The molecular formula is C13H20N2. The Bertz CT molecular complexity index is 267. The van der Waals surface area contributed by atoms with Crippen molar-refractivity contribution in [1.82, 2.24) is 10.0 Å². The van der Waals surface area contributed by atoms with Crippen molar-refractivity contribution in [2.45, 2.75) is 69.1 Å². The Kier molecular flexibility index (Phi) is 1.80. The predicted molar refractivity (Wildman–Crippen MR) is 60.3 cm³/mol. The fourth-order valence-corrected chi connectivity index (χ4v) is 4.28. The van der Waals surface area contributed by atoms with Crippen LogP contribution in [0.1, 0.15) is 44.9 Å². The lowest BCUT2D eigenvalue weighted by atomic mass is 9.88. The number of fused-ring (bicyclic) bond motifs is 4. The molecule has 1 saturated carbocycles. The van der Waals surface area contributed by atoms with Gasteiger partial charge in [-0.05, 0) is 38.5 Å². The lowest BCUT2D eigenvalue weighted by Crippen LogP contribution is -2.66. The van der Waals surface area contributed by atoms with E-state index in [4.69, 9.17) is 0 Å². The first kappa shape index (κ1) is 8.77. The molecule has 0 aromatic carbocycles. The average Bonchev–Trinajstić information content (AvgIpc) is 2.65. The third-order valence-corrected chi connectivity index (χ3v) is 4.92. The van der Waals surface area contributed by atoms with Gasteiger partial charge in [-0.15, -0.1) is 0 Å². The van der Waals surface area contributed by atoms with E-state index in [1.807, 2.05) is 0 Å². The van der Waals surface area contributed by atoms with Gasteiger partial charge in [0.2, 0.25) is 0 Å². The molecule has 0 radical (unpaired) electrons. The standard InChI is InChI=1S/C13H20N2/c1-2-10-4-5-11(3-1)15-13-8-6-12(7-9-13)14(10)15/h6,8,10-13H,1-5,7,9H2/t10-,11+,12-,13+. The monoisotopic (exact) mass is 204 g/mol. The Morgan fingerprint density at radius 2 is 1.20 bits per heavy atom. The summed E-state index contributed by atoms with van der Waals surface area (Å²) in [5.74, 6) is 0. The average molecular weight is 204 g/mol. The maximum atomic E-state index is 2.77. The van der Waals surface area contributed by atoms with E-state index in [9.17, 15) is 0 Å². The van der Waals surface area contributed by atoms with E-state index in [0.717, 1.165) is 24.2 Å². The van der Waals surface area contributed by atoms with Crippen molar-refractivity contribution >= 4 is 0 Å². The normalized spacial score (nSPS) is 56.5. The Morgan fingerprint density at radius 3 is 1.67 bits per heavy atom. The van der Waals surface area contributed by atoms with Crippen molar-refractivity contribution < 1.29 is 0 Å².